The van der Waals surface area contributed by atoms with Crippen molar-refractivity contribution in [3.05, 3.63) is 65.2 Å². The van der Waals surface area contributed by atoms with Crippen LogP contribution in [0.15, 0.2) is 41.3 Å². The summed E-state index contributed by atoms with van der Waals surface area (Å²) in [6.45, 7) is 6.91. The Morgan fingerprint density at radius 1 is 1.31 bits per heavy atom. The average molecular weight is 501 g/mol. The highest BCUT2D eigenvalue weighted by Crippen LogP contribution is 2.34. The van der Waals surface area contributed by atoms with Crippen LogP contribution in [-0.4, -0.2) is 41.5 Å². The Morgan fingerprint density at radius 3 is 2.77 bits per heavy atom. The summed E-state index contributed by atoms with van der Waals surface area (Å²) in [5.41, 5.74) is 2.55. The fourth-order valence-corrected chi connectivity index (χ4v) is 4.02. The quantitative estimate of drug-likeness (QED) is 0.368. The molecule has 4 rings (SSSR count). The molecule has 3 aromatic heterocycles. The summed E-state index contributed by atoms with van der Waals surface area (Å²) in [6, 6.07) is 5.81. The van der Waals surface area contributed by atoms with Gasteiger partial charge in [-0.2, -0.15) is 5.10 Å². The van der Waals surface area contributed by atoms with Gasteiger partial charge in [-0.05, 0) is 50.8 Å². The summed E-state index contributed by atoms with van der Waals surface area (Å²) in [7, 11) is -2.62. The highest BCUT2D eigenvalue weighted by atomic mass is 32.2. The number of amides is 1. The number of ether oxygens (including phenoxy) is 1. The number of carbonyl (C=O) groups excluding carboxylic acids is 1. The highest BCUT2D eigenvalue weighted by molar-refractivity contribution is 7.99. The Kier molecular flexibility index (Phi) is 6.48. The van der Waals surface area contributed by atoms with E-state index in [1.54, 1.807) is 33.8 Å². The first-order valence-corrected chi connectivity index (χ1v) is 12.7. The molecule has 0 fully saturated rings. The van der Waals surface area contributed by atoms with Gasteiger partial charge >= 0.3 is 0 Å². The molecular formula is C23H25FN6O4S. The van der Waals surface area contributed by atoms with Gasteiger partial charge < -0.3 is 14.6 Å². The van der Waals surface area contributed by atoms with Crippen LogP contribution in [0.1, 0.15) is 47.3 Å². The molecule has 4 aromatic rings. The molecule has 0 spiro atoms. The van der Waals surface area contributed by atoms with Crippen LogP contribution in [0.25, 0.3) is 5.52 Å². The van der Waals surface area contributed by atoms with Crippen molar-refractivity contribution in [1.29, 1.82) is 0 Å². The summed E-state index contributed by atoms with van der Waals surface area (Å²) in [6.07, 6.45) is 3.77. The first-order valence-electron chi connectivity index (χ1n) is 10.7. The lowest BCUT2D eigenvalue weighted by molar-refractivity contribution is 0.0982. The molecule has 3 heterocycles. The normalized spacial score (nSPS) is 13.8. The van der Waals surface area contributed by atoms with Gasteiger partial charge in [0.25, 0.3) is 5.91 Å². The van der Waals surface area contributed by atoms with Crippen LogP contribution < -0.4 is 14.8 Å². The van der Waals surface area contributed by atoms with Gasteiger partial charge in [0.1, 0.15) is 23.4 Å². The third-order valence-electron chi connectivity index (χ3n) is 5.36. The molecule has 1 aromatic carbocycles. The molecule has 12 heteroatoms. The van der Waals surface area contributed by atoms with E-state index in [0.29, 0.717) is 39.6 Å². The number of nitrogens with zero attached hydrogens (tertiary/aromatic N) is 4. The minimum atomic E-state index is -2.62. The molecule has 2 atom stereocenters. The number of anilines is 2. The topological polar surface area (TPSA) is 124 Å². The maximum Gasteiger partial charge on any atom is 0.264 e. The summed E-state index contributed by atoms with van der Waals surface area (Å²) in [5, 5.41) is 12.6. The fourth-order valence-electron chi connectivity index (χ4n) is 3.43. The molecule has 1 amide bonds. The minimum absolute atomic E-state index is 0.231. The molecule has 2 N–H and O–H groups in total. The Balaban J connectivity index is 1.69. The van der Waals surface area contributed by atoms with Crippen molar-refractivity contribution in [2.75, 3.05) is 11.6 Å². The van der Waals surface area contributed by atoms with E-state index in [4.69, 9.17) is 9.26 Å². The molecule has 0 bridgehead atoms. The van der Waals surface area contributed by atoms with Crippen LogP contribution in [0.5, 0.6) is 5.75 Å². The smallest absolute Gasteiger partial charge is 0.264 e. The molecule has 0 aliphatic heterocycles. The van der Waals surface area contributed by atoms with Crippen molar-refractivity contribution in [2.45, 2.75) is 33.8 Å². The second kappa shape index (κ2) is 9.37. The Labute approximate surface area is 201 Å². The Morgan fingerprint density at radius 2 is 2.09 bits per heavy atom. The van der Waals surface area contributed by atoms with Gasteiger partial charge in [0.05, 0.1) is 16.9 Å². The second-order valence-corrected chi connectivity index (χ2v) is 10.5. The van der Waals surface area contributed by atoms with E-state index in [-0.39, 0.29) is 5.75 Å². The fraction of sp³-hybridized carbons (Fsp3) is 0.261. The maximum absolute atomic E-state index is 14.1. The predicted molar refractivity (Wildman–Crippen MR) is 131 cm³/mol. The monoisotopic (exact) mass is 500 g/mol. The third kappa shape index (κ3) is 5.11. The van der Waals surface area contributed by atoms with Crippen molar-refractivity contribution < 1.29 is 22.7 Å². The van der Waals surface area contributed by atoms with E-state index in [9.17, 15) is 13.4 Å². The lowest BCUT2D eigenvalue weighted by Crippen LogP contribution is -2.30. The van der Waals surface area contributed by atoms with Gasteiger partial charge in [-0.3, -0.25) is 9.52 Å². The Hall–Kier alpha value is -3.93. The zero-order valence-electron chi connectivity index (χ0n) is 19.8. The van der Waals surface area contributed by atoms with Crippen molar-refractivity contribution in [3.8, 4) is 5.75 Å². The number of halogens is 1. The van der Waals surface area contributed by atoms with Crippen molar-refractivity contribution in [2.24, 2.45) is 0 Å². The van der Waals surface area contributed by atoms with Crippen LogP contribution in [0.3, 0.4) is 0 Å². The highest BCUT2D eigenvalue weighted by Gasteiger charge is 2.21. The molecule has 10 nitrogen and oxygen atoms in total. The molecule has 0 radical (unpaired) electrons. The SMILES string of the molecule is CC=S(C)(=O)NC(=O)c1cn2ncnc(Nc3ccc(F)cc3OC(C)c3cc(C)no3)c2c1C. The molecule has 2 unspecified atom stereocenters. The van der Waals surface area contributed by atoms with Crippen LogP contribution in [0, 0.1) is 19.7 Å². The van der Waals surface area contributed by atoms with Gasteiger partial charge in [-0.25, -0.2) is 18.1 Å². The van der Waals surface area contributed by atoms with E-state index >= 15 is 0 Å². The summed E-state index contributed by atoms with van der Waals surface area (Å²) in [4.78, 5) is 17.1. The van der Waals surface area contributed by atoms with E-state index in [1.807, 2.05) is 0 Å². The van der Waals surface area contributed by atoms with E-state index < -0.39 is 27.5 Å². The number of fused-ring (bicyclic) bond motifs is 1. The third-order valence-corrected chi connectivity index (χ3v) is 6.85. The first kappa shape index (κ1) is 24.2. The molecule has 0 aliphatic rings. The lowest BCUT2D eigenvalue weighted by atomic mass is 10.2. The van der Waals surface area contributed by atoms with E-state index in [0.717, 1.165) is 0 Å². The van der Waals surface area contributed by atoms with Gasteiger partial charge in [-0.1, -0.05) is 5.16 Å². The number of hydrogen-bond donors (Lipinski definition) is 2. The average Bonchev–Trinajstić information content (AvgIpc) is 3.39. The van der Waals surface area contributed by atoms with Gasteiger partial charge in [0.2, 0.25) is 0 Å². The summed E-state index contributed by atoms with van der Waals surface area (Å²) in [5.74, 6) is 0.127. The number of hydrogen-bond acceptors (Lipinski definition) is 8. The van der Waals surface area contributed by atoms with E-state index in [1.165, 1.54) is 46.9 Å². The summed E-state index contributed by atoms with van der Waals surface area (Å²) >= 11 is 0. The van der Waals surface area contributed by atoms with Crippen molar-refractivity contribution in [1.82, 2.24) is 24.5 Å². The number of carbonyl (C=O) groups is 1. The molecule has 184 valence electrons. The lowest BCUT2D eigenvalue weighted by Gasteiger charge is -2.17. The van der Waals surface area contributed by atoms with Crippen molar-refractivity contribution >= 4 is 38.0 Å². The zero-order chi connectivity index (χ0) is 25.3. The first-order chi connectivity index (χ1) is 16.6. The van der Waals surface area contributed by atoms with Gasteiger partial charge in [-0.15, -0.1) is 0 Å². The molecule has 35 heavy (non-hydrogen) atoms. The van der Waals surface area contributed by atoms with Crippen LogP contribution in [-0.2, 0) is 9.71 Å². The zero-order valence-corrected chi connectivity index (χ0v) is 20.6. The van der Waals surface area contributed by atoms with Gasteiger partial charge in [0.15, 0.2) is 17.7 Å². The number of aryl methyl sites for hydroxylation is 2. The minimum Gasteiger partial charge on any atom is -0.480 e. The number of nitrogens with one attached hydrogen (secondary N) is 2. The van der Waals surface area contributed by atoms with Crippen molar-refractivity contribution in [3.63, 3.8) is 0 Å². The van der Waals surface area contributed by atoms with Crippen LogP contribution in [0.2, 0.25) is 0 Å². The number of rotatable bonds is 7. The maximum atomic E-state index is 14.1. The predicted octanol–water partition coefficient (Wildman–Crippen LogP) is 3.74. The van der Waals surface area contributed by atoms with Crippen LogP contribution in [0.4, 0.5) is 15.9 Å². The van der Waals surface area contributed by atoms with Gasteiger partial charge in [0, 0.05) is 34.3 Å². The standard InChI is InChI=1S/C23H25FN6O4S/c1-6-35(5,32)29-23(31)17-11-30-21(14(17)3)22(25-12-26-30)27-18-8-7-16(24)10-20(18)33-15(4)19-9-13(2)28-34-19/h6-12,15H,1-5H3,(H,25,26,27)(H,29,31,32). The summed E-state index contributed by atoms with van der Waals surface area (Å²) < 4.78 is 41.7. The molecular weight excluding hydrogens is 475 g/mol. The number of aromatic nitrogens is 4. The van der Waals surface area contributed by atoms with Crippen LogP contribution >= 0.6 is 0 Å². The molecule has 0 saturated heterocycles. The molecule has 0 saturated carbocycles. The second-order valence-electron chi connectivity index (χ2n) is 8.04. The molecule has 0 aliphatic carbocycles. The number of benzene rings is 1. The van der Waals surface area contributed by atoms with E-state index in [2.05, 4.69) is 25.3 Å². The largest absolute Gasteiger partial charge is 0.480 e. The Bertz CT molecular complexity index is 1540.